The highest BCUT2D eigenvalue weighted by molar-refractivity contribution is 7.89. The molecule has 0 aliphatic carbocycles. The predicted octanol–water partition coefficient (Wildman–Crippen LogP) is 1.14. The number of amides is 1. The highest BCUT2D eigenvalue weighted by Crippen LogP contribution is 2.13. The molecule has 130 valence electrons. The van der Waals surface area contributed by atoms with Crippen LogP contribution in [-0.2, 0) is 10.0 Å². The summed E-state index contributed by atoms with van der Waals surface area (Å²) in [7, 11) is -2.10. The maximum absolute atomic E-state index is 12.0. The fourth-order valence-corrected chi connectivity index (χ4v) is 3.30. The van der Waals surface area contributed by atoms with Crippen molar-refractivity contribution in [2.75, 3.05) is 26.7 Å². The van der Waals surface area contributed by atoms with Gasteiger partial charge >= 0.3 is 0 Å². The number of sulfonamides is 1. The van der Waals surface area contributed by atoms with E-state index in [-0.39, 0.29) is 23.2 Å². The molecule has 1 heterocycles. The van der Waals surface area contributed by atoms with E-state index in [0.717, 1.165) is 19.5 Å². The lowest BCUT2D eigenvalue weighted by molar-refractivity contribution is 0.0950. The fraction of sp³-hybridized carbons (Fsp3) is 0.533. The number of carbonyl (C=O) groups is 1. The van der Waals surface area contributed by atoms with Crippen LogP contribution >= 0.6 is 12.4 Å². The molecule has 3 N–H and O–H groups in total. The second-order valence-corrected chi connectivity index (χ2v) is 7.38. The maximum atomic E-state index is 12.0. The Bertz CT molecular complexity index is 599. The Morgan fingerprint density at radius 2 is 2.00 bits per heavy atom. The van der Waals surface area contributed by atoms with E-state index < -0.39 is 10.0 Å². The van der Waals surface area contributed by atoms with Crippen molar-refractivity contribution < 1.29 is 13.2 Å². The molecule has 1 atom stereocenters. The summed E-state index contributed by atoms with van der Waals surface area (Å²) in [5.74, 6) is 0.453. The second kappa shape index (κ2) is 9.22. The van der Waals surface area contributed by atoms with Crippen LogP contribution in [-0.4, -0.2) is 41.0 Å². The smallest absolute Gasteiger partial charge is 0.251 e. The molecule has 1 aromatic rings. The first-order valence-electron chi connectivity index (χ1n) is 7.55. The summed E-state index contributed by atoms with van der Waals surface area (Å²) in [5.41, 5.74) is 0.469. The Morgan fingerprint density at radius 3 is 2.57 bits per heavy atom. The molecule has 1 saturated heterocycles. The van der Waals surface area contributed by atoms with E-state index in [4.69, 9.17) is 0 Å². The number of benzene rings is 1. The highest BCUT2D eigenvalue weighted by Gasteiger charge is 2.14. The van der Waals surface area contributed by atoms with Crippen LogP contribution in [0.5, 0.6) is 0 Å². The van der Waals surface area contributed by atoms with E-state index in [1.807, 2.05) is 0 Å². The zero-order valence-corrected chi connectivity index (χ0v) is 14.8. The van der Waals surface area contributed by atoms with E-state index in [2.05, 4.69) is 15.4 Å². The molecule has 1 aromatic carbocycles. The van der Waals surface area contributed by atoms with Gasteiger partial charge in [0.15, 0.2) is 0 Å². The minimum absolute atomic E-state index is 0. The summed E-state index contributed by atoms with van der Waals surface area (Å²) in [4.78, 5) is 12.2. The first-order chi connectivity index (χ1) is 10.5. The number of carbonyl (C=O) groups excluding carboxylic acids is 1. The summed E-state index contributed by atoms with van der Waals surface area (Å²) in [6.45, 7) is 2.75. The van der Waals surface area contributed by atoms with E-state index >= 15 is 0 Å². The minimum atomic E-state index is -3.46. The monoisotopic (exact) mass is 361 g/mol. The van der Waals surface area contributed by atoms with Crippen molar-refractivity contribution in [2.24, 2.45) is 5.92 Å². The molecule has 0 saturated carbocycles. The van der Waals surface area contributed by atoms with Crippen molar-refractivity contribution in [3.63, 3.8) is 0 Å². The van der Waals surface area contributed by atoms with Gasteiger partial charge in [0.1, 0.15) is 0 Å². The Labute approximate surface area is 143 Å². The average molecular weight is 362 g/mol. The van der Waals surface area contributed by atoms with Crippen LogP contribution in [0.4, 0.5) is 0 Å². The lowest BCUT2D eigenvalue weighted by Gasteiger charge is -2.22. The molecule has 1 fully saturated rings. The Hall–Kier alpha value is -1.15. The molecule has 1 amide bonds. The normalized spacial score (nSPS) is 18.0. The third-order valence-corrected chi connectivity index (χ3v) is 5.36. The summed E-state index contributed by atoms with van der Waals surface area (Å²) >= 11 is 0. The molecule has 8 heteroatoms. The van der Waals surface area contributed by atoms with E-state index in [1.165, 1.54) is 44.2 Å². The van der Waals surface area contributed by atoms with Gasteiger partial charge in [0.25, 0.3) is 5.91 Å². The Kier molecular flexibility index (Phi) is 7.98. The van der Waals surface area contributed by atoms with Gasteiger partial charge in [-0.1, -0.05) is 0 Å². The summed E-state index contributed by atoms with van der Waals surface area (Å²) < 4.78 is 25.5. The molecule has 1 aliphatic heterocycles. The van der Waals surface area contributed by atoms with Crippen LogP contribution in [0.25, 0.3) is 0 Å². The zero-order chi connectivity index (χ0) is 16.0. The van der Waals surface area contributed by atoms with Gasteiger partial charge in [-0.3, -0.25) is 4.79 Å². The van der Waals surface area contributed by atoms with Crippen LogP contribution < -0.4 is 15.4 Å². The standard InChI is InChI=1S/C15H23N3O3S.ClH/c1-16-22(20,21)14-6-4-13(5-7-14)15(19)18-10-8-12-3-2-9-17-11-12;/h4-7,12,16-17H,2-3,8-11H2,1H3,(H,18,19);1H. The number of rotatable bonds is 6. The van der Waals surface area contributed by atoms with Gasteiger partial charge in [0.05, 0.1) is 4.90 Å². The van der Waals surface area contributed by atoms with Gasteiger partial charge in [-0.2, -0.15) is 0 Å². The third kappa shape index (κ3) is 5.76. The molecule has 6 nitrogen and oxygen atoms in total. The lowest BCUT2D eigenvalue weighted by atomic mass is 9.96. The predicted molar refractivity (Wildman–Crippen MR) is 92.5 cm³/mol. The van der Waals surface area contributed by atoms with Gasteiger partial charge in [-0.25, -0.2) is 13.1 Å². The molecule has 1 aliphatic rings. The first-order valence-corrected chi connectivity index (χ1v) is 9.04. The molecule has 0 aromatic heterocycles. The second-order valence-electron chi connectivity index (χ2n) is 5.49. The molecular weight excluding hydrogens is 338 g/mol. The van der Waals surface area contributed by atoms with Crippen molar-refractivity contribution in [1.82, 2.24) is 15.4 Å². The van der Waals surface area contributed by atoms with Crippen molar-refractivity contribution in [2.45, 2.75) is 24.2 Å². The molecule has 0 radical (unpaired) electrons. The largest absolute Gasteiger partial charge is 0.352 e. The van der Waals surface area contributed by atoms with Gasteiger partial charge in [-0.05, 0) is 69.6 Å². The van der Waals surface area contributed by atoms with Gasteiger partial charge in [0.2, 0.25) is 10.0 Å². The van der Waals surface area contributed by atoms with Crippen LogP contribution in [0.15, 0.2) is 29.2 Å². The van der Waals surface area contributed by atoms with E-state index in [0.29, 0.717) is 18.0 Å². The molecular formula is C15H24ClN3O3S. The van der Waals surface area contributed by atoms with Crippen molar-refractivity contribution >= 4 is 28.3 Å². The average Bonchev–Trinajstić information content (AvgIpc) is 2.56. The zero-order valence-electron chi connectivity index (χ0n) is 13.2. The van der Waals surface area contributed by atoms with Crippen LogP contribution in [0.3, 0.4) is 0 Å². The highest BCUT2D eigenvalue weighted by atomic mass is 35.5. The molecule has 2 rings (SSSR count). The van der Waals surface area contributed by atoms with Crippen molar-refractivity contribution in [3.05, 3.63) is 29.8 Å². The topological polar surface area (TPSA) is 87.3 Å². The Balaban J connectivity index is 0.00000264. The Morgan fingerprint density at radius 1 is 1.30 bits per heavy atom. The van der Waals surface area contributed by atoms with Crippen LogP contribution in [0, 0.1) is 5.92 Å². The first kappa shape index (κ1) is 19.9. The quantitative estimate of drug-likeness (QED) is 0.709. The summed E-state index contributed by atoms with van der Waals surface area (Å²) in [5, 5.41) is 6.24. The van der Waals surface area contributed by atoms with Crippen molar-refractivity contribution in [1.29, 1.82) is 0 Å². The lowest BCUT2D eigenvalue weighted by Crippen LogP contribution is -2.33. The number of nitrogens with one attached hydrogen (secondary N) is 3. The minimum Gasteiger partial charge on any atom is -0.352 e. The SMILES string of the molecule is CNS(=O)(=O)c1ccc(C(=O)NCCC2CCCNC2)cc1.Cl. The molecule has 23 heavy (non-hydrogen) atoms. The number of halogens is 1. The van der Waals surface area contributed by atoms with Crippen molar-refractivity contribution in [3.8, 4) is 0 Å². The third-order valence-electron chi connectivity index (χ3n) is 3.93. The number of hydrogen-bond acceptors (Lipinski definition) is 4. The van der Waals surface area contributed by atoms with E-state index in [1.54, 1.807) is 0 Å². The molecule has 0 bridgehead atoms. The molecule has 0 spiro atoms. The number of piperidine rings is 1. The van der Waals surface area contributed by atoms with E-state index in [9.17, 15) is 13.2 Å². The van der Waals surface area contributed by atoms with Crippen LogP contribution in [0.1, 0.15) is 29.6 Å². The molecule has 1 unspecified atom stereocenters. The van der Waals surface area contributed by atoms with Gasteiger partial charge < -0.3 is 10.6 Å². The van der Waals surface area contributed by atoms with Crippen LogP contribution in [0.2, 0.25) is 0 Å². The maximum Gasteiger partial charge on any atom is 0.251 e. The fourth-order valence-electron chi connectivity index (χ4n) is 2.57. The van der Waals surface area contributed by atoms with Gasteiger partial charge in [-0.15, -0.1) is 12.4 Å². The number of hydrogen-bond donors (Lipinski definition) is 3. The summed E-state index contributed by atoms with van der Waals surface area (Å²) in [6, 6.07) is 5.93. The summed E-state index contributed by atoms with van der Waals surface area (Å²) in [6.07, 6.45) is 3.37. The van der Waals surface area contributed by atoms with Gasteiger partial charge in [0, 0.05) is 12.1 Å².